The van der Waals surface area contributed by atoms with Crippen molar-refractivity contribution in [2.24, 2.45) is 0 Å². The molecule has 18 rings (SSSR count). The van der Waals surface area contributed by atoms with Gasteiger partial charge in [0.25, 0.3) is 0 Å². The minimum Gasteiger partial charge on any atom is -0.493 e. The molecular weight excluding hydrogens is 1540 g/mol. The fourth-order valence-electron chi connectivity index (χ4n) is 17.7. The number of piperidine rings is 2. The molecule has 8 aromatic heterocycles. The SMILES string of the molecule is COc1cc2c(NC3CCCC3)cc(-c3ccc(C)o3)nc2cc1OCCCN1CCCC1.COc1cc2c(NC3CCN(C)CC3)cc(-c3ccc(C)o3)nc2cc1OCCCN1CCCC1.COc1cc2nc(-c3ccc(C)o3)cc(NC3CCCC3)c2cc1OC.COc1cc2nc(-c3ccc(C)o3)cc(NC3CCN(C)CC3)c2cc1OC. The van der Waals surface area contributed by atoms with Crippen LogP contribution in [0.25, 0.3) is 89.4 Å². The van der Waals surface area contributed by atoms with Crippen molar-refractivity contribution in [3.05, 3.63) is 144 Å². The number of aromatic nitrogens is 4. The molecule has 0 radical (unpaired) electrons. The summed E-state index contributed by atoms with van der Waals surface area (Å²) in [5.74, 6) is 12.3. The van der Waals surface area contributed by atoms with E-state index in [0.29, 0.717) is 60.4 Å². The van der Waals surface area contributed by atoms with Crippen molar-refractivity contribution in [1.29, 1.82) is 0 Å². The molecule has 4 aliphatic heterocycles. The van der Waals surface area contributed by atoms with Crippen LogP contribution in [0, 0.1) is 27.7 Å². The first-order chi connectivity index (χ1) is 59.5. The third-order valence-corrected chi connectivity index (χ3v) is 24.5. The fraction of sp³-hybridized carbons (Fsp3) is 0.469. The zero-order chi connectivity index (χ0) is 84.6. The number of nitrogens with one attached hydrogen (secondary N) is 4. The van der Waals surface area contributed by atoms with Gasteiger partial charge in [-0.15, -0.1) is 0 Å². The average Bonchev–Trinajstić information content (AvgIpc) is 1.33. The van der Waals surface area contributed by atoms with E-state index in [0.717, 1.165) is 236 Å². The van der Waals surface area contributed by atoms with Crippen molar-refractivity contribution < 1.29 is 55.6 Å². The van der Waals surface area contributed by atoms with Gasteiger partial charge >= 0.3 is 0 Å². The highest BCUT2D eigenvalue weighted by atomic mass is 16.5. The van der Waals surface area contributed by atoms with Gasteiger partial charge in [0.15, 0.2) is 69.0 Å². The Balaban J connectivity index is 0.000000127. The number of pyridine rings is 4. The Kier molecular flexibility index (Phi) is 28.8. The Bertz CT molecular complexity index is 5440. The van der Waals surface area contributed by atoms with Gasteiger partial charge < -0.3 is 96.4 Å². The van der Waals surface area contributed by atoms with Crippen LogP contribution in [0.4, 0.5) is 22.7 Å². The van der Waals surface area contributed by atoms with Crippen LogP contribution in [0.2, 0.25) is 0 Å². The Morgan fingerprint density at radius 2 is 0.549 bits per heavy atom. The fourth-order valence-corrected chi connectivity index (χ4v) is 17.7. The zero-order valence-corrected chi connectivity index (χ0v) is 73.5. The molecule has 24 heteroatoms. The van der Waals surface area contributed by atoms with E-state index in [1.165, 1.54) is 103 Å². The quantitative estimate of drug-likeness (QED) is 0.0333. The molecule has 4 saturated heterocycles. The summed E-state index contributed by atoms with van der Waals surface area (Å²) in [6.45, 7) is 20.6. The maximum Gasteiger partial charge on any atom is 0.163 e. The van der Waals surface area contributed by atoms with E-state index >= 15 is 0 Å². The molecule has 0 spiro atoms. The van der Waals surface area contributed by atoms with E-state index in [1.807, 2.05) is 113 Å². The molecule has 6 aliphatic rings. The topological polar surface area (TPSA) is 239 Å². The second kappa shape index (κ2) is 40.8. The normalized spacial score (nSPS) is 16.5. The number of benzene rings is 4. The van der Waals surface area contributed by atoms with Crippen molar-refractivity contribution in [3.8, 4) is 91.8 Å². The molecule has 4 aromatic carbocycles. The lowest BCUT2D eigenvalue weighted by Gasteiger charge is -2.30. The van der Waals surface area contributed by atoms with Crippen molar-refractivity contribution in [1.82, 2.24) is 39.5 Å². The van der Waals surface area contributed by atoms with Gasteiger partial charge in [-0.2, -0.15) is 0 Å². The first kappa shape index (κ1) is 86.0. The van der Waals surface area contributed by atoms with Gasteiger partial charge in [0.1, 0.15) is 45.8 Å². The predicted molar refractivity (Wildman–Crippen MR) is 488 cm³/mol. The molecule has 0 bridgehead atoms. The van der Waals surface area contributed by atoms with E-state index in [1.54, 1.807) is 42.7 Å². The third-order valence-electron chi connectivity index (χ3n) is 24.5. The maximum absolute atomic E-state index is 6.21. The van der Waals surface area contributed by atoms with Crippen molar-refractivity contribution >= 4 is 66.4 Å². The summed E-state index contributed by atoms with van der Waals surface area (Å²) >= 11 is 0. The number of rotatable bonds is 28. The summed E-state index contributed by atoms with van der Waals surface area (Å²) in [6, 6.07) is 42.0. The summed E-state index contributed by atoms with van der Waals surface area (Å²) in [5.41, 5.74) is 11.0. The van der Waals surface area contributed by atoms with Crippen LogP contribution in [-0.2, 0) is 0 Å². The molecule has 0 atom stereocenters. The van der Waals surface area contributed by atoms with Gasteiger partial charge in [-0.1, -0.05) is 25.7 Å². The lowest BCUT2D eigenvalue weighted by Crippen LogP contribution is -2.36. The first-order valence-electron chi connectivity index (χ1n) is 44.1. The monoisotopic (exact) mass is 1660 g/mol. The summed E-state index contributed by atoms with van der Waals surface area (Å²) in [7, 11) is 14.4. The van der Waals surface area contributed by atoms with Crippen molar-refractivity contribution in [2.45, 2.75) is 167 Å². The highest BCUT2D eigenvalue weighted by molar-refractivity contribution is 5.99. The van der Waals surface area contributed by atoms with E-state index in [4.69, 9.17) is 75.5 Å². The van der Waals surface area contributed by atoms with Crippen molar-refractivity contribution in [3.63, 3.8) is 0 Å². The van der Waals surface area contributed by atoms with Crippen LogP contribution in [0.1, 0.15) is 139 Å². The number of hydrogen-bond acceptors (Lipinski definition) is 24. The molecule has 6 fully saturated rings. The Morgan fingerprint density at radius 3 is 0.803 bits per heavy atom. The number of aryl methyl sites for hydroxylation is 4. The number of nitrogens with zero attached hydrogens (tertiary/aromatic N) is 8. The van der Waals surface area contributed by atoms with E-state index in [-0.39, 0.29) is 0 Å². The van der Waals surface area contributed by atoms with Gasteiger partial charge in [-0.25, -0.2) is 19.9 Å². The zero-order valence-electron chi connectivity index (χ0n) is 73.5. The number of hydrogen-bond donors (Lipinski definition) is 4. The van der Waals surface area contributed by atoms with Crippen LogP contribution in [-0.4, -0.2) is 199 Å². The largest absolute Gasteiger partial charge is 0.493 e. The number of likely N-dealkylation sites (tertiary alicyclic amines) is 4. The Labute approximate surface area is 718 Å². The highest BCUT2D eigenvalue weighted by Crippen LogP contribution is 2.44. The number of methoxy groups -OCH3 is 6. The molecule has 24 nitrogen and oxygen atoms in total. The number of furan rings is 4. The molecule has 12 heterocycles. The van der Waals surface area contributed by atoms with Gasteiger partial charge in [-0.05, 0) is 281 Å². The summed E-state index contributed by atoms with van der Waals surface area (Å²) in [4.78, 5) is 29.3. The molecule has 4 N–H and O–H groups in total. The molecule has 2 saturated carbocycles. The Hall–Kier alpha value is -10.9. The van der Waals surface area contributed by atoms with Crippen LogP contribution >= 0.6 is 0 Å². The van der Waals surface area contributed by atoms with E-state index in [9.17, 15) is 0 Å². The minimum atomic E-state index is 0.426. The second-order valence-corrected chi connectivity index (χ2v) is 33.5. The second-order valence-electron chi connectivity index (χ2n) is 33.5. The molecule has 2 aliphatic carbocycles. The maximum atomic E-state index is 6.21. The molecule has 0 amide bonds. The lowest BCUT2D eigenvalue weighted by molar-refractivity contribution is 0.254. The number of fused-ring (bicyclic) bond motifs is 4. The molecule has 12 aromatic rings. The Morgan fingerprint density at radius 1 is 0.303 bits per heavy atom. The van der Waals surface area contributed by atoms with Gasteiger partial charge in [0.05, 0.1) is 77.9 Å². The van der Waals surface area contributed by atoms with Gasteiger partial charge in [0, 0.05) is 106 Å². The van der Waals surface area contributed by atoms with Crippen molar-refractivity contribution in [2.75, 3.05) is 157 Å². The van der Waals surface area contributed by atoms with Crippen LogP contribution < -0.4 is 59.2 Å². The highest BCUT2D eigenvalue weighted by Gasteiger charge is 2.27. The smallest absolute Gasteiger partial charge is 0.163 e. The average molecular weight is 1660 g/mol. The predicted octanol–water partition coefficient (Wildman–Crippen LogP) is 20.7. The van der Waals surface area contributed by atoms with E-state index < -0.39 is 0 Å². The molecule has 0 unspecified atom stereocenters. The minimum absolute atomic E-state index is 0.426. The lowest BCUT2D eigenvalue weighted by atomic mass is 10.0. The van der Waals surface area contributed by atoms with E-state index in [2.05, 4.69) is 91.4 Å². The summed E-state index contributed by atoms with van der Waals surface area (Å²) in [6.07, 6.45) is 21.7. The van der Waals surface area contributed by atoms with Crippen LogP contribution in [0.15, 0.2) is 139 Å². The number of ether oxygens (including phenoxy) is 8. The van der Waals surface area contributed by atoms with Gasteiger partial charge in [0.2, 0.25) is 0 Å². The molecule has 122 heavy (non-hydrogen) atoms. The first-order valence-corrected chi connectivity index (χ1v) is 44.1. The molecule has 648 valence electrons. The summed E-state index contributed by atoms with van der Waals surface area (Å²) < 4.78 is 69.2. The summed E-state index contributed by atoms with van der Waals surface area (Å²) in [5, 5.41) is 19.2. The van der Waals surface area contributed by atoms with Crippen LogP contribution in [0.5, 0.6) is 46.0 Å². The molecular formula is C98H124N12O12. The van der Waals surface area contributed by atoms with Gasteiger partial charge in [-0.3, -0.25) is 0 Å². The third kappa shape index (κ3) is 21.6. The number of anilines is 4. The standard InChI is InChI=1S/C28H38N4O3.C27H35N3O3.C22H27N3O3.C21H24N2O3/c1-20-7-8-26(35-20)25-18-23(29-21-9-14-31(2)15-10-21)22-17-27(33-3)28(19-24(22)30-25)34-16-6-13-32-11-4-5-12-32;1-19-10-11-25(33-19)24-17-22(28-20-8-3-4-9-20)21-16-26(31-2)27(18-23(21)29-24)32-15-7-14-30-12-5-6-13-30;1-14-5-6-20(28-14)19-12-17(23-15-7-9-25(2)10-8-15)16-11-21(26-3)22(27-4)13-18(16)24-19;1-13-8-9-19(26-13)18-11-16(22-14-6-4-5-7-14)15-10-20(24-2)21(25-3)12-17(15)23-18/h7-8,17-19,21H,4-6,9-16H2,1-3H3,(H,29,30);10-11,16-18,20H,3-9,12-15H2,1-2H3,(H,28,29);5-6,11-13,15H,7-10H2,1-4H3,(H,23,24);8-12,14H,4-7H2,1-3H3,(H,22,23). The van der Waals surface area contributed by atoms with Crippen LogP contribution in [0.3, 0.4) is 0 Å².